The molecule has 2 saturated heterocycles. The Morgan fingerprint density at radius 2 is 2.11 bits per heavy atom. The molecule has 2 aliphatic heterocycles. The van der Waals surface area contributed by atoms with Crippen molar-refractivity contribution >= 4 is 50.3 Å². The minimum Gasteiger partial charge on any atom is -0.369 e. The summed E-state index contributed by atoms with van der Waals surface area (Å²) in [5.41, 5.74) is 2.98. The maximum Gasteiger partial charge on any atom is 0.266 e. The maximum atomic E-state index is 15.0. The Hall–Kier alpha value is -2.47. The van der Waals surface area contributed by atoms with Crippen LogP contribution in [0.2, 0.25) is 5.02 Å². The summed E-state index contributed by atoms with van der Waals surface area (Å²) >= 11 is 7.69. The van der Waals surface area contributed by atoms with E-state index < -0.39 is 20.7 Å². The zero-order chi connectivity index (χ0) is 24.6. The van der Waals surface area contributed by atoms with Gasteiger partial charge in [0.05, 0.1) is 21.9 Å². The molecule has 3 aromatic rings. The number of likely N-dealkylation sites (N-methyl/N-ethyl adjacent to an activating group) is 1. The van der Waals surface area contributed by atoms with Crippen LogP contribution < -0.4 is 14.5 Å². The number of nitrogens with one attached hydrogen (secondary N) is 1. The summed E-state index contributed by atoms with van der Waals surface area (Å²) in [7, 11) is -2.29. The van der Waals surface area contributed by atoms with Crippen LogP contribution in [-0.2, 0) is 16.6 Å². The van der Waals surface area contributed by atoms with Crippen LogP contribution in [0.5, 0.6) is 0 Å². The molecule has 0 spiro atoms. The molecule has 0 bridgehead atoms. The molecule has 1 aromatic carbocycles. The van der Waals surface area contributed by atoms with Gasteiger partial charge in [-0.1, -0.05) is 17.7 Å². The Labute approximate surface area is 213 Å². The standard InChI is InChI=1S/C23H26ClFN6O2S2/c1-29(17-6-9-30(13-17)12-16-4-2-5-23(27-16)31-7-3-8-31)20-11-19(25)21(10-18(20)24)35(32,33)28-22-14-34-15-26-22/h2,4-5,10-11,14-15,17,28H,3,6-9,12-13H2,1H3/t17-/m0/s1. The van der Waals surface area contributed by atoms with Gasteiger partial charge in [0.2, 0.25) is 0 Å². The lowest BCUT2D eigenvalue weighted by atomic mass is 10.2. The van der Waals surface area contributed by atoms with E-state index in [4.69, 9.17) is 16.6 Å². The molecule has 2 aliphatic rings. The molecule has 0 saturated carbocycles. The van der Waals surface area contributed by atoms with Crippen LogP contribution in [0.25, 0.3) is 0 Å². The van der Waals surface area contributed by atoms with Gasteiger partial charge in [-0.15, -0.1) is 11.3 Å². The Kier molecular flexibility index (Phi) is 6.84. The molecule has 1 N–H and O–H groups in total. The number of thiazole rings is 1. The number of halogens is 2. The van der Waals surface area contributed by atoms with E-state index in [-0.39, 0.29) is 16.9 Å². The molecule has 186 valence electrons. The Bertz CT molecular complexity index is 1300. The fourth-order valence-corrected chi connectivity index (χ4v) is 6.43. The molecule has 35 heavy (non-hydrogen) atoms. The number of hydrogen-bond donors (Lipinski definition) is 1. The van der Waals surface area contributed by atoms with Gasteiger partial charge in [-0.25, -0.2) is 22.8 Å². The molecular formula is C23H26ClFN6O2S2. The number of benzene rings is 1. The molecule has 0 aliphatic carbocycles. The van der Waals surface area contributed by atoms with E-state index in [1.54, 1.807) is 0 Å². The molecule has 12 heteroatoms. The van der Waals surface area contributed by atoms with Gasteiger partial charge in [0.25, 0.3) is 10.0 Å². The number of rotatable bonds is 8. The third kappa shape index (κ3) is 5.23. The van der Waals surface area contributed by atoms with E-state index in [1.165, 1.54) is 34.7 Å². The van der Waals surface area contributed by atoms with Crippen molar-refractivity contribution in [2.75, 3.05) is 47.7 Å². The van der Waals surface area contributed by atoms with Crippen molar-refractivity contribution in [3.63, 3.8) is 0 Å². The van der Waals surface area contributed by atoms with Crippen LogP contribution in [0.15, 0.2) is 46.1 Å². The first-order chi connectivity index (χ1) is 16.8. The van der Waals surface area contributed by atoms with Crippen molar-refractivity contribution in [3.05, 3.63) is 57.8 Å². The smallest absolute Gasteiger partial charge is 0.266 e. The molecule has 1 atom stereocenters. The van der Waals surface area contributed by atoms with E-state index in [9.17, 15) is 12.8 Å². The highest BCUT2D eigenvalue weighted by Crippen LogP contribution is 2.33. The number of anilines is 3. The Balaban J connectivity index is 1.26. The molecule has 0 unspecified atom stereocenters. The van der Waals surface area contributed by atoms with Crippen molar-refractivity contribution in [3.8, 4) is 0 Å². The topological polar surface area (TPSA) is 81.7 Å². The van der Waals surface area contributed by atoms with Crippen molar-refractivity contribution in [1.82, 2.24) is 14.9 Å². The van der Waals surface area contributed by atoms with Crippen LogP contribution in [0.1, 0.15) is 18.5 Å². The summed E-state index contributed by atoms with van der Waals surface area (Å²) in [4.78, 5) is 14.7. The third-order valence-corrected chi connectivity index (χ3v) is 8.75. The zero-order valence-electron chi connectivity index (χ0n) is 19.2. The first-order valence-electron chi connectivity index (χ1n) is 11.4. The van der Waals surface area contributed by atoms with Crippen LogP contribution in [-0.4, -0.2) is 62.6 Å². The van der Waals surface area contributed by atoms with Crippen LogP contribution in [0, 0.1) is 5.82 Å². The van der Waals surface area contributed by atoms with E-state index in [0.29, 0.717) is 5.69 Å². The summed E-state index contributed by atoms with van der Waals surface area (Å²) in [6.07, 6.45) is 2.09. The molecule has 0 radical (unpaired) electrons. The minimum absolute atomic E-state index is 0.112. The Morgan fingerprint density at radius 1 is 1.29 bits per heavy atom. The van der Waals surface area contributed by atoms with Crippen LogP contribution in [0.4, 0.5) is 21.7 Å². The highest BCUT2D eigenvalue weighted by molar-refractivity contribution is 7.92. The zero-order valence-corrected chi connectivity index (χ0v) is 21.6. The molecule has 8 nitrogen and oxygen atoms in total. The van der Waals surface area contributed by atoms with E-state index in [1.807, 2.05) is 18.0 Å². The Morgan fingerprint density at radius 3 is 2.83 bits per heavy atom. The quantitative estimate of drug-likeness (QED) is 0.465. The first-order valence-corrected chi connectivity index (χ1v) is 14.2. The van der Waals surface area contributed by atoms with Gasteiger partial charge in [-0.3, -0.25) is 9.62 Å². The SMILES string of the molecule is CN(c1cc(F)c(S(=O)(=O)Nc2cscn2)cc1Cl)[C@H]1CCN(Cc2cccc(N3CCC3)n2)C1. The summed E-state index contributed by atoms with van der Waals surface area (Å²) in [6.45, 7) is 4.52. The summed E-state index contributed by atoms with van der Waals surface area (Å²) in [6, 6.07) is 8.62. The second-order valence-electron chi connectivity index (χ2n) is 8.83. The maximum absolute atomic E-state index is 15.0. The van der Waals surface area contributed by atoms with Gasteiger partial charge in [0, 0.05) is 57.3 Å². The minimum atomic E-state index is -4.15. The van der Waals surface area contributed by atoms with Crippen LogP contribution >= 0.6 is 22.9 Å². The second-order valence-corrected chi connectivity index (χ2v) is 11.6. The molecule has 2 fully saturated rings. The number of aromatic nitrogens is 2. The second kappa shape index (κ2) is 9.88. The lowest BCUT2D eigenvalue weighted by molar-refractivity contribution is 0.322. The van der Waals surface area contributed by atoms with Crippen LogP contribution in [0.3, 0.4) is 0 Å². The number of sulfonamides is 1. The summed E-state index contributed by atoms with van der Waals surface area (Å²) in [5, 5.41) is 1.71. The summed E-state index contributed by atoms with van der Waals surface area (Å²) in [5.74, 6) is 0.312. The van der Waals surface area contributed by atoms with Gasteiger partial charge in [0.15, 0.2) is 5.82 Å². The van der Waals surface area contributed by atoms with E-state index in [2.05, 4.69) is 31.6 Å². The van der Waals surface area contributed by atoms with Crippen molar-refractivity contribution in [2.45, 2.75) is 30.3 Å². The average Bonchev–Trinajstić information content (AvgIpc) is 3.45. The van der Waals surface area contributed by atoms with Gasteiger partial charge in [-0.2, -0.15) is 0 Å². The number of nitrogens with zero attached hydrogens (tertiary/aromatic N) is 5. The lowest BCUT2D eigenvalue weighted by Crippen LogP contribution is -2.38. The largest absolute Gasteiger partial charge is 0.369 e. The number of likely N-dealkylation sites (tertiary alicyclic amines) is 1. The number of hydrogen-bond acceptors (Lipinski definition) is 8. The van der Waals surface area contributed by atoms with Crippen molar-refractivity contribution in [2.24, 2.45) is 0 Å². The monoisotopic (exact) mass is 536 g/mol. The fourth-order valence-electron chi connectivity index (χ4n) is 4.42. The highest BCUT2D eigenvalue weighted by Gasteiger charge is 2.29. The van der Waals surface area contributed by atoms with E-state index >= 15 is 0 Å². The molecule has 4 heterocycles. The predicted molar refractivity (Wildman–Crippen MR) is 137 cm³/mol. The van der Waals surface area contributed by atoms with Crippen molar-refractivity contribution < 1.29 is 12.8 Å². The molecule has 5 rings (SSSR count). The normalized spacial score (nSPS) is 18.5. The fraction of sp³-hybridized carbons (Fsp3) is 0.391. The van der Waals surface area contributed by atoms with Crippen molar-refractivity contribution in [1.29, 1.82) is 0 Å². The molecule has 0 amide bonds. The van der Waals surface area contributed by atoms with Gasteiger partial charge < -0.3 is 9.80 Å². The third-order valence-electron chi connectivity index (χ3n) is 6.50. The summed E-state index contributed by atoms with van der Waals surface area (Å²) < 4.78 is 42.5. The van der Waals surface area contributed by atoms with E-state index in [0.717, 1.165) is 56.7 Å². The first kappa shape index (κ1) is 24.2. The van der Waals surface area contributed by atoms with Gasteiger partial charge in [0.1, 0.15) is 16.5 Å². The molecular weight excluding hydrogens is 511 g/mol. The number of pyridine rings is 1. The van der Waals surface area contributed by atoms with Gasteiger partial charge >= 0.3 is 0 Å². The molecule has 2 aromatic heterocycles. The predicted octanol–water partition coefficient (Wildman–Crippen LogP) is 4.05. The van der Waals surface area contributed by atoms with Gasteiger partial charge in [-0.05, 0) is 31.0 Å². The average molecular weight is 537 g/mol. The highest BCUT2D eigenvalue weighted by atomic mass is 35.5. The lowest BCUT2D eigenvalue weighted by Gasteiger charge is -2.32.